The minimum Gasteiger partial charge on any atom is -0.170 e. The van der Waals surface area contributed by atoms with Gasteiger partial charge in [-0.15, -0.1) is 0 Å². The third-order valence-corrected chi connectivity index (χ3v) is 1.71. The number of hydrogen-bond donors (Lipinski definition) is 0. The molecule has 1 aliphatic rings. The highest BCUT2D eigenvalue weighted by Gasteiger charge is 2.37. The molecule has 0 heterocycles. The lowest BCUT2D eigenvalue weighted by Crippen LogP contribution is -2.21. The topological polar surface area (TPSA) is 0 Å². The maximum absolute atomic E-state index is 12.0. The van der Waals surface area contributed by atoms with Gasteiger partial charge >= 0.3 is 6.18 Å². The van der Waals surface area contributed by atoms with Crippen molar-refractivity contribution in [2.45, 2.75) is 33.4 Å². The maximum Gasteiger partial charge on any atom is 0.395 e. The third-order valence-electron chi connectivity index (χ3n) is 1.71. The van der Waals surface area contributed by atoms with Crippen molar-refractivity contribution in [2.75, 3.05) is 0 Å². The molecule has 0 aliphatic heterocycles. The zero-order chi connectivity index (χ0) is 10.5. The van der Waals surface area contributed by atoms with E-state index in [4.69, 9.17) is 0 Å². The quantitative estimate of drug-likeness (QED) is 0.542. The third kappa shape index (κ3) is 4.15. The summed E-state index contributed by atoms with van der Waals surface area (Å²) in [5.41, 5.74) is 0.908. The minimum absolute atomic E-state index is 0.0891. The van der Waals surface area contributed by atoms with Crippen LogP contribution in [0.25, 0.3) is 0 Å². The molecule has 0 nitrogen and oxygen atoms in total. The summed E-state index contributed by atoms with van der Waals surface area (Å²) >= 11 is 0. The van der Waals surface area contributed by atoms with E-state index < -0.39 is 12.1 Å². The van der Waals surface area contributed by atoms with Crippen LogP contribution in [0.3, 0.4) is 0 Å². The molecule has 0 fully saturated rings. The van der Waals surface area contributed by atoms with Gasteiger partial charge in [-0.3, -0.25) is 0 Å². The molecule has 76 valence electrons. The number of allylic oxidation sites excluding steroid dienone is 4. The average Bonchev–Trinajstić information content (AvgIpc) is 2.07. The average molecular weight is 192 g/mol. The molecule has 13 heavy (non-hydrogen) atoms. The summed E-state index contributed by atoms with van der Waals surface area (Å²) in [5.74, 6) is -1.27. The van der Waals surface area contributed by atoms with Crippen LogP contribution in [-0.4, -0.2) is 6.18 Å². The molecule has 0 aromatic carbocycles. The molecule has 1 aliphatic carbocycles. The van der Waals surface area contributed by atoms with Gasteiger partial charge in [-0.1, -0.05) is 37.6 Å². The number of halogens is 3. The van der Waals surface area contributed by atoms with E-state index in [0.29, 0.717) is 0 Å². The Hall–Kier alpha value is -0.730. The maximum atomic E-state index is 12.0. The predicted molar refractivity (Wildman–Crippen MR) is 48.4 cm³/mol. The zero-order valence-electron chi connectivity index (χ0n) is 8.15. The highest BCUT2D eigenvalue weighted by molar-refractivity contribution is 5.21. The molecule has 0 N–H and O–H groups in total. The molecule has 0 radical (unpaired) electrons. The van der Waals surface area contributed by atoms with Crippen LogP contribution < -0.4 is 0 Å². The lowest BCUT2D eigenvalue weighted by molar-refractivity contribution is -0.160. The molecular formula is C10H15F3. The first-order chi connectivity index (χ1) is 6.00. The molecule has 0 bridgehead atoms. The molecule has 1 rings (SSSR count). The van der Waals surface area contributed by atoms with Crippen LogP contribution in [0.5, 0.6) is 0 Å². The van der Waals surface area contributed by atoms with E-state index in [9.17, 15) is 13.2 Å². The monoisotopic (exact) mass is 192 g/mol. The summed E-state index contributed by atoms with van der Waals surface area (Å²) < 4.78 is 36.0. The van der Waals surface area contributed by atoms with Crippen molar-refractivity contribution in [1.82, 2.24) is 0 Å². The Morgan fingerprint density at radius 2 is 1.85 bits per heavy atom. The van der Waals surface area contributed by atoms with E-state index in [1.807, 2.05) is 13.8 Å². The van der Waals surface area contributed by atoms with E-state index >= 15 is 0 Å². The van der Waals surface area contributed by atoms with Crippen LogP contribution in [0.2, 0.25) is 0 Å². The second kappa shape index (κ2) is 5.10. The fourth-order valence-corrected chi connectivity index (χ4v) is 0.970. The fraction of sp³-hybridized carbons (Fsp3) is 0.600. The van der Waals surface area contributed by atoms with Crippen molar-refractivity contribution in [3.63, 3.8) is 0 Å². The highest BCUT2D eigenvalue weighted by Crippen LogP contribution is 2.32. The summed E-state index contributed by atoms with van der Waals surface area (Å²) in [7, 11) is 0. The van der Waals surface area contributed by atoms with E-state index in [0.717, 1.165) is 5.57 Å². The van der Waals surface area contributed by atoms with Crippen LogP contribution in [0.1, 0.15) is 27.2 Å². The Morgan fingerprint density at radius 1 is 1.31 bits per heavy atom. The first-order valence-electron chi connectivity index (χ1n) is 4.42. The van der Waals surface area contributed by atoms with Crippen molar-refractivity contribution in [2.24, 2.45) is 5.92 Å². The standard InChI is InChI=1S/C8H9F3.C2H6/c1-6-2-4-7(5-3-6)8(9,10)11;1-2/h2-4,7H,5H2,1H3;1-2H3. The van der Waals surface area contributed by atoms with Crippen LogP contribution in [0.4, 0.5) is 13.2 Å². The molecule has 1 unspecified atom stereocenters. The minimum atomic E-state index is -4.08. The molecule has 3 heteroatoms. The lowest BCUT2D eigenvalue weighted by Gasteiger charge is -2.17. The second-order valence-electron chi connectivity index (χ2n) is 2.69. The highest BCUT2D eigenvalue weighted by atomic mass is 19.4. The molecular weight excluding hydrogens is 177 g/mol. The van der Waals surface area contributed by atoms with Gasteiger partial charge in [-0.05, 0) is 13.3 Å². The molecule has 0 aromatic heterocycles. The van der Waals surface area contributed by atoms with E-state index in [2.05, 4.69) is 0 Å². The molecule has 0 saturated carbocycles. The van der Waals surface area contributed by atoms with Crippen LogP contribution in [0, 0.1) is 5.92 Å². The Morgan fingerprint density at radius 3 is 2.15 bits per heavy atom. The second-order valence-corrected chi connectivity index (χ2v) is 2.69. The van der Waals surface area contributed by atoms with Gasteiger partial charge in [0, 0.05) is 0 Å². The van der Waals surface area contributed by atoms with E-state index in [-0.39, 0.29) is 6.42 Å². The number of hydrogen-bond acceptors (Lipinski definition) is 0. The Labute approximate surface area is 77.1 Å². The van der Waals surface area contributed by atoms with Crippen LogP contribution in [0.15, 0.2) is 23.8 Å². The Balaban J connectivity index is 0.000000671. The van der Waals surface area contributed by atoms with Gasteiger partial charge in [-0.2, -0.15) is 13.2 Å². The predicted octanol–water partition coefficient (Wildman–Crippen LogP) is 4.10. The van der Waals surface area contributed by atoms with Gasteiger partial charge in [0.15, 0.2) is 0 Å². The summed E-state index contributed by atoms with van der Waals surface area (Å²) in [5, 5.41) is 0. The molecule has 1 atom stereocenters. The summed E-state index contributed by atoms with van der Waals surface area (Å²) in [6.07, 6.45) is 0.356. The summed E-state index contributed by atoms with van der Waals surface area (Å²) in [6.45, 7) is 5.79. The summed E-state index contributed by atoms with van der Waals surface area (Å²) in [6, 6.07) is 0. The summed E-state index contributed by atoms with van der Waals surface area (Å²) in [4.78, 5) is 0. The van der Waals surface area contributed by atoms with Crippen molar-refractivity contribution in [3.05, 3.63) is 23.8 Å². The van der Waals surface area contributed by atoms with Gasteiger partial charge < -0.3 is 0 Å². The van der Waals surface area contributed by atoms with Gasteiger partial charge in [0.05, 0.1) is 5.92 Å². The smallest absolute Gasteiger partial charge is 0.170 e. The van der Waals surface area contributed by atoms with Crippen molar-refractivity contribution < 1.29 is 13.2 Å². The van der Waals surface area contributed by atoms with Crippen molar-refractivity contribution in [3.8, 4) is 0 Å². The largest absolute Gasteiger partial charge is 0.395 e. The van der Waals surface area contributed by atoms with E-state index in [1.165, 1.54) is 12.2 Å². The van der Waals surface area contributed by atoms with Crippen molar-refractivity contribution >= 4 is 0 Å². The van der Waals surface area contributed by atoms with Crippen molar-refractivity contribution in [1.29, 1.82) is 0 Å². The van der Waals surface area contributed by atoms with Crippen LogP contribution >= 0.6 is 0 Å². The zero-order valence-corrected chi connectivity index (χ0v) is 8.15. The van der Waals surface area contributed by atoms with Gasteiger partial charge in [0.1, 0.15) is 0 Å². The lowest BCUT2D eigenvalue weighted by atomic mass is 9.97. The SMILES string of the molecule is CC.CC1=CCC(C(F)(F)F)C=C1. The first-order valence-corrected chi connectivity index (χ1v) is 4.42. The molecule has 0 saturated heterocycles. The molecule has 0 spiro atoms. The normalized spacial score (nSPS) is 21.7. The van der Waals surface area contributed by atoms with Crippen LogP contribution in [-0.2, 0) is 0 Å². The number of alkyl halides is 3. The van der Waals surface area contributed by atoms with Gasteiger partial charge in [-0.25, -0.2) is 0 Å². The first kappa shape index (κ1) is 12.3. The fourth-order valence-electron chi connectivity index (χ4n) is 0.970. The Kier molecular flexibility index (Phi) is 4.81. The molecule has 0 aromatic rings. The molecule has 0 amide bonds. The Bertz CT molecular complexity index is 199. The van der Waals surface area contributed by atoms with Gasteiger partial charge in [0.25, 0.3) is 0 Å². The van der Waals surface area contributed by atoms with E-state index in [1.54, 1.807) is 13.0 Å². The van der Waals surface area contributed by atoms with Gasteiger partial charge in [0.2, 0.25) is 0 Å². The number of rotatable bonds is 0.